The van der Waals surface area contributed by atoms with Gasteiger partial charge in [0.15, 0.2) is 0 Å². The molecule has 1 unspecified atom stereocenters. The summed E-state index contributed by atoms with van der Waals surface area (Å²) in [5.41, 5.74) is -0.536. The number of rotatable bonds is 6. The van der Waals surface area contributed by atoms with Gasteiger partial charge in [-0.25, -0.2) is 0 Å². The lowest BCUT2D eigenvalue weighted by atomic mass is 10.1. The molecular weight excluding hydrogens is 238 g/mol. The molecule has 17 heavy (non-hydrogen) atoms. The quantitative estimate of drug-likeness (QED) is 0.739. The predicted octanol–water partition coefficient (Wildman–Crippen LogP) is 1.68. The lowest BCUT2D eigenvalue weighted by Crippen LogP contribution is -2.36. The van der Waals surface area contributed by atoms with Crippen molar-refractivity contribution in [1.29, 1.82) is 0 Å². The van der Waals surface area contributed by atoms with E-state index in [9.17, 15) is 5.11 Å². The van der Waals surface area contributed by atoms with Crippen LogP contribution in [0, 0.1) is 12.3 Å². The molecule has 1 aliphatic rings. The van der Waals surface area contributed by atoms with Crippen LogP contribution in [0.5, 0.6) is 0 Å². The number of β-amino-alcohol motifs (C(OH)–C–C–N with tert-alkyl or cyclic N) is 1. The number of nitrogens with zero attached hydrogens (tertiary/aromatic N) is 1. The second-order valence-electron chi connectivity index (χ2n) is 4.70. The molecule has 0 aromatic carbocycles. The Morgan fingerprint density at radius 1 is 1.47 bits per heavy atom. The number of hydrogen-bond acceptors (Lipinski definition) is 3. The Kier molecular flexibility index (Phi) is 7.82. The highest BCUT2D eigenvalue weighted by atomic mass is 35.5. The van der Waals surface area contributed by atoms with Crippen LogP contribution in [0.4, 0.5) is 0 Å². The number of likely N-dealkylation sites (tertiary alicyclic amines) is 1. The fraction of sp³-hybridized carbons (Fsp3) is 0.846. The second kappa shape index (κ2) is 7.94. The molecule has 100 valence electrons. The van der Waals surface area contributed by atoms with Crippen molar-refractivity contribution in [1.82, 2.24) is 4.90 Å². The molecule has 0 bridgehead atoms. The van der Waals surface area contributed by atoms with Gasteiger partial charge in [-0.15, -0.1) is 18.8 Å². The fourth-order valence-electron chi connectivity index (χ4n) is 1.84. The summed E-state index contributed by atoms with van der Waals surface area (Å²) in [6.07, 6.45) is 8.21. The van der Waals surface area contributed by atoms with Gasteiger partial charge < -0.3 is 14.7 Å². The summed E-state index contributed by atoms with van der Waals surface area (Å²) < 4.78 is 5.59. The summed E-state index contributed by atoms with van der Waals surface area (Å²) in [6.45, 7) is 7.09. The molecule has 3 nitrogen and oxygen atoms in total. The zero-order chi connectivity index (χ0) is 12.0. The molecule has 1 N–H and O–H groups in total. The van der Waals surface area contributed by atoms with E-state index < -0.39 is 11.7 Å². The number of hydrogen-bond donors (Lipinski definition) is 1. The van der Waals surface area contributed by atoms with Crippen LogP contribution in [0.3, 0.4) is 0 Å². The highest BCUT2D eigenvalue weighted by Gasteiger charge is 2.22. The molecule has 1 heterocycles. The third-order valence-electron chi connectivity index (χ3n) is 3.24. The van der Waals surface area contributed by atoms with Crippen LogP contribution < -0.4 is 0 Å². The van der Waals surface area contributed by atoms with Gasteiger partial charge in [0.2, 0.25) is 0 Å². The zero-order valence-electron chi connectivity index (χ0n) is 10.8. The molecular formula is C13H24ClNO2. The van der Waals surface area contributed by atoms with Gasteiger partial charge in [-0.3, -0.25) is 0 Å². The van der Waals surface area contributed by atoms with Gasteiger partial charge in [0, 0.05) is 6.54 Å². The van der Waals surface area contributed by atoms with E-state index in [4.69, 9.17) is 11.2 Å². The molecule has 0 aromatic rings. The number of aliphatic hydroxyl groups excluding tert-OH is 1. The minimum Gasteiger partial charge on any atom is -0.389 e. The highest BCUT2D eigenvalue weighted by Crippen LogP contribution is 2.14. The number of terminal acetylenes is 1. The molecule has 0 amide bonds. The average Bonchev–Trinajstić information content (AvgIpc) is 2.79. The monoisotopic (exact) mass is 261 g/mol. The first kappa shape index (κ1) is 16.7. The molecule has 0 aliphatic carbocycles. The van der Waals surface area contributed by atoms with Crippen LogP contribution in [0.2, 0.25) is 0 Å². The smallest absolute Gasteiger partial charge is 0.125 e. The van der Waals surface area contributed by atoms with Crippen LogP contribution in [0.1, 0.15) is 33.1 Å². The minimum atomic E-state index is -0.536. The van der Waals surface area contributed by atoms with Crippen molar-refractivity contribution in [2.45, 2.75) is 44.8 Å². The number of aliphatic hydroxyl groups is 1. The maximum atomic E-state index is 9.83. The van der Waals surface area contributed by atoms with Crippen LogP contribution in [0.25, 0.3) is 0 Å². The van der Waals surface area contributed by atoms with Crippen molar-refractivity contribution < 1.29 is 9.84 Å². The molecule has 0 saturated carbocycles. The van der Waals surface area contributed by atoms with Gasteiger partial charge in [-0.1, -0.05) is 12.8 Å². The fourth-order valence-corrected chi connectivity index (χ4v) is 1.84. The molecule has 4 heteroatoms. The van der Waals surface area contributed by atoms with Gasteiger partial charge in [0.1, 0.15) is 5.60 Å². The van der Waals surface area contributed by atoms with Gasteiger partial charge in [-0.05, 0) is 39.3 Å². The zero-order valence-corrected chi connectivity index (χ0v) is 11.6. The molecule has 1 fully saturated rings. The standard InChI is InChI=1S/C13H23NO2.ClH/c1-4-13(3,5-2)16-11-12(15)10-14-8-6-7-9-14;/h1,12,15H,5-11H2,2-3H3;1H/t12?,13-;/m0./s1. The first-order chi connectivity index (χ1) is 7.59. The first-order valence-electron chi connectivity index (χ1n) is 6.12. The topological polar surface area (TPSA) is 32.7 Å². The maximum absolute atomic E-state index is 9.83. The molecule has 2 atom stereocenters. The summed E-state index contributed by atoms with van der Waals surface area (Å²) in [6, 6.07) is 0. The summed E-state index contributed by atoms with van der Waals surface area (Å²) >= 11 is 0. The van der Waals surface area contributed by atoms with Crippen LogP contribution in [0.15, 0.2) is 0 Å². The van der Waals surface area contributed by atoms with Gasteiger partial charge >= 0.3 is 0 Å². The van der Waals surface area contributed by atoms with E-state index in [2.05, 4.69) is 10.8 Å². The van der Waals surface area contributed by atoms with Gasteiger partial charge in [0.05, 0.1) is 12.7 Å². The van der Waals surface area contributed by atoms with Crippen LogP contribution in [-0.2, 0) is 4.74 Å². The average molecular weight is 262 g/mol. The second-order valence-corrected chi connectivity index (χ2v) is 4.70. The lowest BCUT2D eigenvalue weighted by Gasteiger charge is -2.26. The Balaban J connectivity index is 0.00000256. The first-order valence-corrected chi connectivity index (χ1v) is 6.12. The third kappa shape index (κ3) is 5.74. The maximum Gasteiger partial charge on any atom is 0.125 e. The molecule has 0 spiro atoms. The van der Waals surface area contributed by atoms with Crippen LogP contribution >= 0.6 is 12.4 Å². The SMILES string of the molecule is C#C[C@@](C)(CC)OCC(O)CN1CCCC1.Cl. The minimum absolute atomic E-state index is 0. The van der Waals surface area contributed by atoms with E-state index in [0.29, 0.717) is 13.2 Å². The number of halogens is 1. The van der Waals surface area contributed by atoms with Crippen molar-refractivity contribution in [2.24, 2.45) is 0 Å². The normalized spacial score (nSPS) is 21.3. The summed E-state index contributed by atoms with van der Waals surface area (Å²) in [4.78, 5) is 2.27. The van der Waals surface area contributed by atoms with Gasteiger partial charge in [-0.2, -0.15) is 0 Å². The number of ether oxygens (including phenoxy) is 1. The Labute approximate surface area is 111 Å². The Morgan fingerprint density at radius 3 is 2.53 bits per heavy atom. The Hall–Kier alpha value is -0.270. The van der Waals surface area contributed by atoms with Crippen molar-refractivity contribution in [3.8, 4) is 12.3 Å². The van der Waals surface area contributed by atoms with Crippen molar-refractivity contribution in [3.63, 3.8) is 0 Å². The predicted molar refractivity (Wildman–Crippen MR) is 72.4 cm³/mol. The van der Waals surface area contributed by atoms with E-state index in [1.165, 1.54) is 12.8 Å². The lowest BCUT2D eigenvalue weighted by molar-refractivity contribution is -0.0455. The molecule has 0 radical (unpaired) electrons. The molecule has 1 aliphatic heterocycles. The Bertz CT molecular complexity index is 248. The molecule has 0 aromatic heterocycles. The van der Waals surface area contributed by atoms with Gasteiger partial charge in [0.25, 0.3) is 0 Å². The molecule has 1 rings (SSSR count). The van der Waals surface area contributed by atoms with E-state index in [-0.39, 0.29) is 12.4 Å². The Morgan fingerprint density at radius 2 is 2.06 bits per heavy atom. The van der Waals surface area contributed by atoms with E-state index in [1.807, 2.05) is 13.8 Å². The van der Waals surface area contributed by atoms with E-state index in [1.54, 1.807) is 0 Å². The van der Waals surface area contributed by atoms with Crippen molar-refractivity contribution in [3.05, 3.63) is 0 Å². The third-order valence-corrected chi connectivity index (χ3v) is 3.24. The summed E-state index contributed by atoms with van der Waals surface area (Å²) in [7, 11) is 0. The van der Waals surface area contributed by atoms with E-state index in [0.717, 1.165) is 19.5 Å². The summed E-state index contributed by atoms with van der Waals surface area (Å²) in [5, 5.41) is 9.83. The summed E-state index contributed by atoms with van der Waals surface area (Å²) in [5.74, 6) is 2.63. The van der Waals surface area contributed by atoms with Crippen LogP contribution in [-0.4, -0.2) is 48.0 Å². The van der Waals surface area contributed by atoms with E-state index >= 15 is 0 Å². The van der Waals surface area contributed by atoms with Crippen molar-refractivity contribution in [2.75, 3.05) is 26.2 Å². The highest BCUT2D eigenvalue weighted by molar-refractivity contribution is 5.85. The largest absolute Gasteiger partial charge is 0.389 e. The molecule has 1 saturated heterocycles. The van der Waals surface area contributed by atoms with Crippen molar-refractivity contribution >= 4 is 12.4 Å².